The molecule has 0 saturated heterocycles. The van der Waals surface area contributed by atoms with Gasteiger partial charge in [-0.25, -0.2) is 14.4 Å². The first-order valence-corrected chi connectivity index (χ1v) is 7.34. The number of carbonyl (C=O) groups is 3. The maximum Gasteiger partial charge on any atom is 0.359 e. The summed E-state index contributed by atoms with van der Waals surface area (Å²) in [5.41, 5.74) is 0. The fraction of sp³-hybridized carbons (Fsp3) is 0.667. The van der Waals surface area contributed by atoms with Crippen LogP contribution in [0.1, 0.15) is 6.92 Å². The van der Waals surface area contributed by atoms with Gasteiger partial charge in [-0.2, -0.15) is 0 Å². The van der Waals surface area contributed by atoms with E-state index in [0.717, 1.165) is 0 Å². The van der Waals surface area contributed by atoms with Gasteiger partial charge in [-0.15, -0.1) is 0 Å². The zero-order valence-corrected chi connectivity index (χ0v) is 14.7. The molecular weight excluding hydrogens is 417 g/mol. The molecule has 0 heterocycles. The first-order chi connectivity index (χ1) is 9.39. The summed E-state index contributed by atoms with van der Waals surface area (Å²) in [4.78, 5) is 34.2. The van der Waals surface area contributed by atoms with E-state index in [1.807, 2.05) is 0 Å². The van der Waals surface area contributed by atoms with Crippen molar-refractivity contribution in [3.63, 3.8) is 0 Å². The van der Waals surface area contributed by atoms with Crippen molar-refractivity contribution in [1.82, 2.24) is 0 Å². The highest BCUT2D eigenvalue weighted by Gasteiger charge is 2.39. The van der Waals surface area contributed by atoms with Crippen molar-refractivity contribution in [2.24, 2.45) is 0 Å². The van der Waals surface area contributed by atoms with Crippen LogP contribution < -0.4 is 0 Å². The van der Waals surface area contributed by atoms with Crippen LogP contribution in [0.25, 0.3) is 0 Å². The number of ether oxygens (including phenoxy) is 3. The number of esters is 3. The molecule has 0 unspecified atom stereocenters. The molecule has 0 aromatic carbocycles. The Morgan fingerprint density at radius 2 is 1.38 bits per heavy atom. The van der Waals surface area contributed by atoms with Crippen LogP contribution >= 0.6 is 69.6 Å². The lowest BCUT2D eigenvalue weighted by Gasteiger charge is -2.19. The molecule has 0 bridgehead atoms. The van der Waals surface area contributed by atoms with Crippen molar-refractivity contribution in [1.29, 1.82) is 0 Å². The van der Waals surface area contributed by atoms with Gasteiger partial charge in [-0.05, 0) is 6.92 Å². The van der Waals surface area contributed by atoms with Crippen LogP contribution in [-0.2, 0) is 28.6 Å². The van der Waals surface area contributed by atoms with E-state index >= 15 is 0 Å². The average molecular weight is 425 g/mol. The Morgan fingerprint density at radius 3 is 1.76 bits per heavy atom. The van der Waals surface area contributed by atoms with Gasteiger partial charge in [0.2, 0.25) is 6.10 Å². The van der Waals surface area contributed by atoms with Crippen molar-refractivity contribution >= 4 is 87.5 Å². The third-order valence-electron chi connectivity index (χ3n) is 1.63. The van der Waals surface area contributed by atoms with Gasteiger partial charge in [0, 0.05) is 0 Å². The highest BCUT2D eigenvalue weighted by molar-refractivity contribution is 6.76. The van der Waals surface area contributed by atoms with Crippen molar-refractivity contribution in [3.05, 3.63) is 0 Å². The minimum absolute atomic E-state index is 0.0287. The van der Waals surface area contributed by atoms with E-state index in [4.69, 9.17) is 69.6 Å². The van der Waals surface area contributed by atoms with Crippen LogP contribution in [0.15, 0.2) is 0 Å². The van der Waals surface area contributed by atoms with Gasteiger partial charge in [0.05, 0.1) is 6.61 Å². The molecule has 0 aromatic heterocycles. The van der Waals surface area contributed by atoms with Crippen molar-refractivity contribution in [3.8, 4) is 0 Å². The topological polar surface area (TPSA) is 78.9 Å². The molecule has 1 atom stereocenters. The lowest BCUT2D eigenvalue weighted by atomic mass is 10.4. The van der Waals surface area contributed by atoms with E-state index < -0.39 is 38.2 Å². The second-order valence-corrected chi connectivity index (χ2v) is 7.80. The molecule has 122 valence electrons. The molecule has 0 aromatic rings. The van der Waals surface area contributed by atoms with Gasteiger partial charge < -0.3 is 14.2 Å². The highest BCUT2D eigenvalue weighted by Crippen LogP contribution is 2.29. The Balaban J connectivity index is 4.81. The lowest BCUT2D eigenvalue weighted by molar-refractivity contribution is -0.173. The zero-order valence-electron chi connectivity index (χ0n) is 10.2. The third kappa shape index (κ3) is 8.38. The monoisotopic (exact) mass is 422 g/mol. The van der Waals surface area contributed by atoms with Crippen molar-refractivity contribution < 1.29 is 28.6 Å². The Hall–Kier alpha value is 0.150. The fourth-order valence-electron chi connectivity index (χ4n) is 0.815. The molecule has 12 heteroatoms. The molecule has 0 amide bonds. The minimum atomic E-state index is -2.43. The number of halogens is 6. The Kier molecular flexibility index (Phi) is 8.76. The lowest BCUT2D eigenvalue weighted by Crippen LogP contribution is -2.38. The number of carbonyl (C=O) groups excluding carboxylic acids is 3. The number of alkyl halides is 6. The van der Waals surface area contributed by atoms with Crippen LogP contribution in [0.5, 0.6) is 0 Å². The summed E-state index contributed by atoms with van der Waals surface area (Å²) >= 11 is 31.6. The number of hydrogen-bond acceptors (Lipinski definition) is 6. The van der Waals surface area contributed by atoms with Crippen LogP contribution in [0.4, 0.5) is 0 Å². The second-order valence-electron chi connectivity index (χ2n) is 3.24. The molecule has 0 rings (SSSR count). The largest absolute Gasteiger partial charge is 0.463 e. The maximum absolute atomic E-state index is 11.5. The average Bonchev–Trinajstić information content (AvgIpc) is 2.31. The smallest absolute Gasteiger partial charge is 0.359 e. The van der Waals surface area contributed by atoms with Gasteiger partial charge in [0.25, 0.3) is 7.59 Å². The summed E-state index contributed by atoms with van der Waals surface area (Å²) in [5, 5.41) is 0. The molecule has 0 fully saturated rings. The molecule has 0 aliphatic heterocycles. The first-order valence-electron chi connectivity index (χ1n) is 5.08. The molecule has 6 nitrogen and oxygen atoms in total. The van der Waals surface area contributed by atoms with Gasteiger partial charge in [-0.3, -0.25) is 0 Å². The van der Waals surface area contributed by atoms with Crippen LogP contribution in [-0.4, -0.2) is 44.8 Å². The number of rotatable bonds is 5. The quantitative estimate of drug-likeness (QED) is 0.383. The van der Waals surface area contributed by atoms with Gasteiger partial charge in [0.15, 0.2) is 0 Å². The van der Waals surface area contributed by atoms with E-state index in [1.54, 1.807) is 0 Å². The van der Waals surface area contributed by atoms with E-state index in [-0.39, 0.29) is 6.61 Å². The standard InChI is InChI=1S/C9H8Cl6O6/c1-2-19-5(16)4(21-7(18)9(13,14)15)3-20-6(17)8(10,11)12/h4H,2-3H2,1H3/t4-/m0/s1. The molecule has 0 aliphatic carbocycles. The summed E-state index contributed by atoms with van der Waals surface area (Å²) < 4.78 is 8.89. The summed E-state index contributed by atoms with van der Waals surface area (Å²) in [6.45, 7) is 0.691. The Morgan fingerprint density at radius 1 is 0.905 bits per heavy atom. The summed E-state index contributed by atoms with van der Waals surface area (Å²) in [5.74, 6) is -3.68. The molecule has 0 radical (unpaired) electrons. The molecule has 0 aliphatic rings. The van der Waals surface area contributed by atoms with E-state index in [1.165, 1.54) is 6.92 Å². The van der Waals surface area contributed by atoms with E-state index in [0.29, 0.717) is 0 Å². The fourth-order valence-corrected chi connectivity index (χ4v) is 1.11. The second kappa shape index (κ2) is 8.70. The van der Waals surface area contributed by atoms with Gasteiger partial charge in [0.1, 0.15) is 6.61 Å². The van der Waals surface area contributed by atoms with Crippen molar-refractivity contribution in [2.45, 2.75) is 20.6 Å². The molecule has 0 N–H and O–H groups in total. The SMILES string of the molecule is CCOC(=O)[C@H](COC(=O)C(Cl)(Cl)Cl)OC(=O)C(Cl)(Cl)Cl. The predicted octanol–water partition coefficient (Wildman–Crippen LogP) is 2.74. The molecule has 0 saturated carbocycles. The van der Waals surface area contributed by atoms with Gasteiger partial charge in [-0.1, -0.05) is 69.6 Å². The molecular formula is C9H8Cl6O6. The first kappa shape index (κ1) is 21.1. The summed E-state index contributed by atoms with van der Waals surface area (Å²) in [6, 6.07) is 0. The van der Waals surface area contributed by atoms with E-state index in [9.17, 15) is 14.4 Å². The van der Waals surface area contributed by atoms with Gasteiger partial charge >= 0.3 is 17.9 Å². The highest BCUT2D eigenvalue weighted by atomic mass is 35.6. The van der Waals surface area contributed by atoms with Crippen LogP contribution in [0.3, 0.4) is 0 Å². The zero-order chi connectivity index (χ0) is 16.8. The normalized spacial score (nSPS) is 13.3. The molecule has 21 heavy (non-hydrogen) atoms. The van der Waals surface area contributed by atoms with Crippen LogP contribution in [0, 0.1) is 0 Å². The number of hydrogen-bond donors (Lipinski definition) is 0. The Bertz CT molecular complexity index is 401. The van der Waals surface area contributed by atoms with Crippen molar-refractivity contribution in [2.75, 3.05) is 13.2 Å². The molecule has 0 spiro atoms. The van der Waals surface area contributed by atoms with Crippen LogP contribution in [0.2, 0.25) is 0 Å². The third-order valence-corrected chi connectivity index (χ3v) is 2.55. The Labute approximate surface area is 149 Å². The summed E-state index contributed by atoms with van der Waals surface area (Å²) in [7, 11) is 0. The summed E-state index contributed by atoms with van der Waals surface area (Å²) in [6.07, 6.45) is -1.68. The maximum atomic E-state index is 11.5. The van der Waals surface area contributed by atoms with E-state index in [2.05, 4.69) is 14.2 Å². The predicted molar refractivity (Wildman–Crippen MR) is 78.1 cm³/mol. The minimum Gasteiger partial charge on any atom is -0.463 e.